The van der Waals surface area contributed by atoms with E-state index in [4.69, 9.17) is 4.74 Å². The number of Topliss-reactive ketones (excluding diaryl/α,β-unsaturated/α-hetero) is 1. The van der Waals surface area contributed by atoms with Crippen molar-refractivity contribution >= 4 is 25.4 Å². The largest absolute Gasteiger partial charge is 0.443 e. The molecule has 0 radical (unpaired) electrons. The number of carbonyl (C=O) groups excluding carboxylic acids is 3. The average molecular weight is 426 g/mol. The van der Waals surface area contributed by atoms with Crippen LogP contribution in [-0.2, 0) is 27.9 Å². The van der Waals surface area contributed by atoms with Gasteiger partial charge in [-0.25, -0.2) is 9.69 Å². The van der Waals surface area contributed by atoms with Crippen molar-refractivity contribution in [1.29, 1.82) is 0 Å². The first-order valence-electron chi connectivity index (χ1n) is 8.73. The lowest BCUT2D eigenvalue weighted by Crippen LogP contribution is -2.37. The number of nitrogens with zero attached hydrogens (tertiary/aromatic N) is 1. The smallest absolute Gasteiger partial charge is 0.417 e. The zero-order valence-electron chi connectivity index (χ0n) is 16.7. The van der Waals surface area contributed by atoms with E-state index in [1.54, 1.807) is 20.8 Å². The maximum absolute atomic E-state index is 11.5. The third kappa shape index (κ3) is 13.0. The Balaban J connectivity index is -0.000000417. The molecule has 1 rings (SSSR count). The molecule has 0 saturated carbocycles. The van der Waals surface area contributed by atoms with Gasteiger partial charge in [-0.15, -0.1) is 0 Å². The van der Waals surface area contributed by atoms with E-state index in [0.717, 1.165) is 19.3 Å². The zero-order chi connectivity index (χ0) is 20.4. The van der Waals surface area contributed by atoms with E-state index in [-0.39, 0.29) is 32.7 Å². The van der Waals surface area contributed by atoms with E-state index in [0.29, 0.717) is 19.4 Å². The Bertz CT molecular complexity index is 521. The Morgan fingerprint density at radius 2 is 1.68 bits per heavy atom. The Morgan fingerprint density at radius 3 is 2.04 bits per heavy atom. The second-order valence-corrected chi connectivity index (χ2v) is 9.17. The summed E-state index contributed by atoms with van der Waals surface area (Å²) in [6, 6.07) is 0. The number of hydrogen-bond acceptors (Lipinski definition) is 7. The minimum atomic E-state index is -3.13. The zero-order valence-corrected chi connectivity index (χ0v) is 17.6. The summed E-state index contributed by atoms with van der Waals surface area (Å²) in [6.45, 7) is 7.84. The van der Waals surface area contributed by atoms with Crippen molar-refractivity contribution in [2.45, 2.75) is 80.3 Å². The second kappa shape index (κ2) is 14.7. The fraction of sp³-hybridized carbons (Fsp3) is 0.842. The molecule has 0 unspecified atom stereocenters. The van der Waals surface area contributed by atoms with Gasteiger partial charge in [-0.2, -0.15) is 0 Å². The molecule has 0 aromatic rings. The molecule has 1 heterocycles. The minimum Gasteiger partial charge on any atom is -0.443 e. The maximum Gasteiger partial charge on any atom is 0.417 e. The van der Waals surface area contributed by atoms with Crippen LogP contribution in [0.2, 0.25) is 0 Å². The van der Waals surface area contributed by atoms with Crippen molar-refractivity contribution in [3.8, 4) is 0 Å². The predicted molar refractivity (Wildman–Crippen MR) is 112 cm³/mol. The lowest BCUT2D eigenvalue weighted by atomic mass is 10.2. The lowest BCUT2D eigenvalue weighted by molar-refractivity contribution is -0.127. The van der Waals surface area contributed by atoms with Crippen LogP contribution in [0.3, 0.4) is 0 Å². The Labute approximate surface area is 170 Å². The normalized spacial score (nSPS) is 13.6. The molecule has 1 fully saturated rings. The van der Waals surface area contributed by atoms with Gasteiger partial charge in [0.05, 0.1) is 0 Å². The Kier molecular flexibility index (Phi) is 16.5. The quantitative estimate of drug-likeness (QED) is 0.526. The van der Waals surface area contributed by atoms with Gasteiger partial charge in [0, 0.05) is 33.6 Å². The van der Waals surface area contributed by atoms with Crippen molar-refractivity contribution in [3.05, 3.63) is 0 Å². The van der Waals surface area contributed by atoms with Crippen molar-refractivity contribution < 1.29 is 32.7 Å². The van der Waals surface area contributed by atoms with E-state index in [1.165, 1.54) is 19.1 Å². The summed E-state index contributed by atoms with van der Waals surface area (Å²) in [4.78, 5) is 34.9. The summed E-state index contributed by atoms with van der Waals surface area (Å²) < 4.78 is 25.8. The molecule has 0 aliphatic carbocycles. The van der Waals surface area contributed by atoms with Gasteiger partial charge < -0.3 is 13.8 Å². The van der Waals surface area contributed by atoms with Crippen molar-refractivity contribution in [3.63, 3.8) is 0 Å². The number of imide groups is 1. The predicted octanol–water partition coefficient (Wildman–Crippen LogP) is 5.05. The van der Waals surface area contributed by atoms with Gasteiger partial charge in [-0.05, 0) is 33.6 Å². The molecular formula is C19H40NO7P. The molecule has 0 N–H and O–H groups in total. The first kappa shape index (κ1) is 31.5. The van der Waals surface area contributed by atoms with Gasteiger partial charge in [0.2, 0.25) is 5.91 Å². The van der Waals surface area contributed by atoms with Crippen molar-refractivity contribution in [1.82, 2.24) is 4.90 Å². The van der Waals surface area contributed by atoms with Crippen LogP contribution < -0.4 is 0 Å². The number of amides is 2. The highest BCUT2D eigenvalue weighted by molar-refractivity contribution is 7.54. The number of carbonyl (C=O) groups is 3. The second-order valence-electron chi connectivity index (χ2n) is 6.91. The first-order valence-corrected chi connectivity index (χ1v) is 10.5. The Hall–Kier alpha value is -1.24. The van der Waals surface area contributed by atoms with E-state index >= 15 is 0 Å². The van der Waals surface area contributed by atoms with Crippen LogP contribution >= 0.6 is 7.60 Å². The standard InChI is InChI=1S/C9H15NO3.C8H17O4P.2CH4/c1-9(2,3)13-8(12)10-6-4-5-7(10)11;1-4-5-6-8(9)7-13(10,11-2)12-3;;/h4-6H2,1-3H3;4-7H2,1-3H3;2*1H4. The van der Waals surface area contributed by atoms with Crippen molar-refractivity contribution in [2.24, 2.45) is 0 Å². The summed E-state index contributed by atoms with van der Waals surface area (Å²) in [5.41, 5.74) is -0.528. The highest BCUT2D eigenvalue weighted by Gasteiger charge is 2.30. The third-order valence-electron chi connectivity index (χ3n) is 3.42. The van der Waals surface area contributed by atoms with Crippen LogP contribution in [0, 0.1) is 0 Å². The van der Waals surface area contributed by atoms with E-state index in [1.807, 2.05) is 6.92 Å². The van der Waals surface area contributed by atoms with Crippen LogP contribution in [0.5, 0.6) is 0 Å². The molecule has 0 spiro atoms. The molecule has 9 heteroatoms. The fourth-order valence-corrected chi connectivity index (χ4v) is 3.03. The van der Waals surface area contributed by atoms with Gasteiger partial charge in [0.25, 0.3) is 0 Å². The van der Waals surface area contributed by atoms with Crippen LogP contribution in [0.4, 0.5) is 4.79 Å². The van der Waals surface area contributed by atoms with Gasteiger partial charge >= 0.3 is 13.7 Å². The van der Waals surface area contributed by atoms with Gasteiger partial charge in [-0.3, -0.25) is 14.2 Å². The van der Waals surface area contributed by atoms with Gasteiger partial charge in [-0.1, -0.05) is 28.2 Å². The molecule has 168 valence electrons. The molecule has 1 aliphatic rings. The summed E-state index contributed by atoms with van der Waals surface area (Å²) in [5, 5.41) is 0. The monoisotopic (exact) mass is 425 g/mol. The number of ether oxygens (including phenoxy) is 1. The SMILES string of the molecule is C.C.CC(C)(C)OC(=O)N1CCCC1=O.CCCCC(=O)CP(=O)(OC)OC. The first-order chi connectivity index (χ1) is 12.0. The highest BCUT2D eigenvalue weighted by Crippen LogP contribution is 2.46. The summed E-state index contributed by atoms with van der Waals surface area (Å²) >= 11 is 0. The summed E-state index contributed by atoms with van der Waals surface area (Å²) in [6.07, 6.45) is 2.81. The molecule has 2 amide bonds. The number of unbranched alkanes of at least 4 members (excludes halogenated alkanes) is 1. The summed E-state index contributed by atoms with van der Waals surface area (Å²) in [7, 11) is -0.549. The molecule has 8 nitrogen and oxygen atoms in total. The topological polar surface area (TPSA) is 99.2 Å². The average Bonchev–Trinajstić information content (AvgIpc) is 2.98. The molecule has 1 saturated heterocycles. The van der Waals surface area contributed by atoms with Gasteiger partial charge in [0.15, 0.2) is 0 Å². The van der Waals surface area contributed by atoms with Gasteiger partial charge in [0.1, 0.15) is 17.5 Å². The highest BCUT2D eigenvalue weighted by atomic mass is 31.2. The minimum absolute atomic E-state index is 0. The molecule has 0 aromatic carbocycles. The molecule has 0 bridgehead atoms. The molecule has 0 atom stereocenters. The fourth-order valence-electron chi connectivity index (χ4n) is 2.03. The molecular weight excluding hydrogens is 385 g/mol. The van der Waals surface area contributed by atoms with Crippen LogP contribution in [-0.4, -0.2) is 55.2 Å². The van der Waals surface area contributed by atoms with E-state index in [2.05, 4.69) is 9.05 Å². The molecule has 0 aromatic heterocycles. The van der Waals surface area contributed by atoms with Crippen LogP contribution in [0.1, 0.15) is 74.7 Å². The Morgan fingerprint density at radius 1 is 1.14 bits per heavy atom. The molecule has 28 heavy (non-hydrogen) atoms. The number of likely N-dealkylation sites (tertiary alicyclic amines) is 1. The van der Waals surface area contributed by atoms with Crippen LogP contribution in [0.25, 0.3) is 0 Å². The van der Waals surface area contributed by atoms with Crippen LogP contribution in [0.15, 0.2) is 0 Å². The molecule has 1 aliphatic heterocycles. The third-order valence-corrected chi connectivity index (χ3v) is 5.28. The number of rotatable bonds is 7. The van der Waals surface area contributed by atoms with Crippen molar-refractivity contribution in [2.75, 3.05) is 26.9 Å². The number of ketones is 1. The van der Waals surface area contributed by atoms with E-state index in [9.17, 15) is 18.9 Å². The summed E-state index contributed by atoms with van der Waals surface area (Å²) in [5.74, 6) is -0.192. The maximum atomic E-state index is 11.5. The lowest BCUT2D eigenvalue weighted by Gasteiger charge is -2.23. The van der Waals surface area contributed by atoms with E-state index < -0.39 is 19.3 Å². The number of hydrogen-bond donors (Lipinski definition) is 0.